The maximum atomic E-state index is 12.3. The smallest absolute Gasteiger partial charge is 0.320 e. The lowest BCUT2D eigenvalue weighted by Gasteiger charge is -2.21. The first-order valence-electron chi connectivity index (χ1n) is 7.88. The van der Waals surface area contributed by atoms with Crippen LogP contribution in [0.4, 0.5) is 5.69 Å². The van der Waals surface area contributed by atoms with Gasteiger partial charge in [0.2, 0.25) is 0 Å². The number of rotatable bonds is 7. The summed E-state index contributed by atoms with van der Waals surface area (Å²) in [6.45, 7) is 2.11. The third kappa shape index (κ3) is 5.06. The second-order valence-corrected chi connectivity index (χ2v) is 5.81. The molecular weight excluding hydrogens is 320 g/mol. The second-order valence-electron chi connectivity index (χ2n) is 5.81. The predicted octanol–water partition coefficient (Wildman–Crippen LogP) is 2.85. The van der Waals surface area contributed by atoms with E-state index in [1.54, 1.807) is 56.3 Å². The van der Waals surface area contributed by atoms with Gasteiger partial charge in [-0.05, 0) is 55.9 Å². The van der Waals surface area contributed by atoms with Crippen molar-refractivity contribution in [1.29, 1.82) is 0 Å². The van der Waals surface area contributed by atoms with Crippen LogP contribution in [0, 0.1) is 0 Å². The average molecular weight is 342 g/mol. The number of carboxylic acid groups (broad SMARTS) is 1. The number of ether oxygens (including phenoxy) is 1. The van der Waals surface area contributed by atoms with Crippen molar-refractivity contribution < 1.29 is 19.4 Å². The second kappa shape index (κ2) is 8.30. The Kier molecular flexibility index (Phi) is 6.14. The number of nitrogens with one attached hydrogen (secondary N) is 1. The fourth-order valence-electron chi connectivity index (χ4n) is 2.31. The van der Waals surface area contributed by atoms with Gasteiger partial charge in [-0.1, -0.05) is 12.1 Å². The summed E-state index contributed by atoms with van der Waals surface area (Å²) < 4.78 is 5.08. The van der Waals surface area contributed by atoms with Gasteiger partial charge in [0.25, 0.3) is 5.91 Å². The Hall–Kier alpha value is -2.86. The topological polar surface area (TPSA) is 78.9 Å². The van der Waals surface area contributed by atoms with Gasteiger partial charge in [0.05, 0.1) is 7.11 Å². The SMILES string of the molecule is COc1ccc(C(=O)Nc2cccc(CN(C)C(C)C(=O)O)c2)cc1. The van der Waals surface area contributed by atoms with E-state index in [2.05, 4.69) is 5.32 Å². The molecule has 0 aliphatic rings. The highest BCUT2D eigenvalue weighted by atomic mass is 16.5. The van der Waals surface area contributed by atoms with Gasteiger partial charge in [-0.3, -0.25) is 14.5 Å². The quantitative estimate of drug-likeness (QED) is 0.809. The lowest BCUT2D eigenvalue weighted by atomic mass is 10.1. The standard InChI is InChI=1S/C19H22N2O4/c1-13(19(23)24)21(2)12-14-5-4-6-16(11-14)20-18(22)15-7-9-17(25-3)10-8-15/h4-11,13H,12H2,1-3H3,(H,20,22)(H,23,24). The van der Waals surface area contributed by atoms with Crippen molar-refractivity contribution in [2.24, 2.45) is 0 Å². The number of methoxy groups -OCH3 is 1. The minimum atomic E-state index is -0.869. The van der Waals surface area contributed by atoms with Gasteiger partial charge in [0.15, 0.2) is 0 Å². The molecule has 25 heavy (non-hydrogen) atoms. The zero-order chi connectivity index (χ0) is 18.4. The minimum Gasteiger partial charge on any atom is -0.497 e. The molecule has 0 spiro atoms. The predicted molar refractivity (Wildman–Crippen MR) is 96.0 cm³/mol. The van der Waals surface area contributed by atoms with Crippen molar-refractivity contribution in [3.63, 3.8) is 0 Å². The van der Waals surface area contributed by atoms with Gasteiger partial charge in [-0.15, -0.1) is 0 Å². The summed E-state index contributed by atoms with van der Waals surface area (Å²) in [5, 5.41) is 11.9. The van der Waals surface area contributed by atoms with Crippen LogP contribution >= 0.6 is 0 Å². The van der Waals surface area contributed by atoms with Crippen LogP contribution < -0.4 is 10.1 Å². The van der Waals surface area contributed by atoms with Crippen molar-refractivity contribution in [3.05, 3.63) is 59.7 Å². The molecule has 2 rings (SSSR count). The molecule has 132 valence electrons. The Bertz CT molecular complexity index is 743. The van der Waals surface area contributed by atoms with E-state index < -0.39 is 12.0 Å². The molecule has 1 unspecified atom stereocenters. The number of carboxylic acids is 1. The number of nitrogens with zero attached hydrogens (tertiary/aromatic N) is 1. The summed E-state index contributed by atoms with van der Waals surface area (Å²) in [5.74, 6) is -0.396. The molecule has 0 heterocycles. The van der Waals surface area contributed by atoms with Crippen molar-refractivity contribution in [1.82, 2.24) is 4.90 Å². The summed E-state index contributed by atoms with van der Waals surface area (Å²) in [6, 6.07) is 13.6. The normalized spacial score (nSPS) is 11.8. The summed E-state index contributed by atoms with van der Waals surface area (Å²) in [7, 11) is 3.32. The summed E-state index contributed by atoms with van der Waals surface area (Å²) in [5.41, 5.74) is 2.11. The molecule has 0 fully saturated rings. The van der Waals surface area contributed by atoms with Gasteiger partial charge in [-0.25, -0.2) is 0 Å². The molecule has 0 saturated heterocycles. The maximum Gasteiger partial charge on any atom is 0.320 e. The molecule has 0 aliphatic heterocycles. The van der Waals surface area contributed by atoms with Crippen molar-refractivity contribution >= 4 is 17.6 Å². The van der Waals surface area contributed by atoms with E-state index in [1.165, 1.54) is 0 Å². The van der Waals surface area contributed by atoms with E-state index >= 15 is 0 Å². The molecule has 2 aromatic carbocycles. The molecule has 1 atom stereocenters. The molecule has 1 amide bonds. The van der Waals surface area contributed by atoms with E-state index in [0.717, 1.165) is 5.56 Å². The van der Waals surface area contributed by atoms with Crippen LogP contribution in [-0.4, -0.2) is 42.1 Å². The summed E-state index contributed by atoms with van der Waals surface area (Å²) in [6.07, 6.45) is 0. The number of carbonyl (C=O) groups is 2. The molecule has 0 saturated carbocycles. The molecule has 6 nitrogen and oxygen atoms in total. The fourth-order valence-corrected chi connectivity index (χ4v) is 2.31. The largest absolute Gasteiger partial charge is 0.497 e. The molecule has 0 aromatic heterocycles. The van der Waals surface area contributed by atoms with Gasteiger partial charge >= 0.3 is 5.97 Å². The van der Waals surface area contributed by atoms with Crippen LogP contribution in [0.2, 0.25) is 0 Å². The monoisotopic (exact) mass is 342 g/mol. The molecule has 2 N–H and O–H groups in total. The number of hydrogen-bond acceptors (Lipinski definition) is 4. The lowest BCUT2D eigenvalue weighted by molar-refractivity contribution is -0.142. The van der Waals surface area contributed by atoms with Gasteiger partial charge in [0, 0.05) is 17.8 Å². The molecule has 0 bridgehead atoms. The van der Waals surface area contributed by atoms with Crippen LogP contribution in [0.15, 0.2) is 48.5 Å². The Morgan fingerprint density at radius 3 is 2.48 bits per heavy atom. The highest BCUT2D eigenvalue weighted by Gasteiger charge is 2.16. The number of anilines is 1. The van der Waals surface area contributed by atoms with Gasteiger partial charge in [-0.2, -0.15) is 0 Å². The molecule has 6 heteroatoms. The highest BCUT2D eigenvalue weighted by Crippen LogP contribution is 2.16. The Morgan fingerprint density at radius 2 is 1.88 bits per heavy atom. The molecular formula is C19H22N2O4. The Balaban J connectivity index is 2.05. The van der Waals surface area contributed by atoms with E-state index in [9.17, 15) is 9.59 Å². The first kappa shape index (κ1) is 18.5. The van der Waals surface area contributed by atoms with E-state index in [-0.39, 0.29) is 5.91 Å². The van der Waals surface area contributed by atoms with Crippen LogP contribution in [0.25, 0.3) is 0 Å². The lowest BCUT2D eigenvalue weighted by Crippen LogP contribution is -2.35. The first-order valence-corrected chi connectivity index (χ1v) is 7.88. The molecule has 0 radical (unpaired) electrons. The van der Waals surface area contributed by atoms with Crippen LogP contribution in [0.1, 0.15) is 22.8 Å². The van der Waals surface area contributed by atoms with Crippen molar-refractivity contribution in [2.45, 2.75) is 19.5 Å². The number of carbonyl (C=O) groups excluding carboxylic acids is 1. The van der Waals surface area contributed by atoms with Crippen LogP contribution in [0.5, 0.6) is 5.75 Å². The minimum absolute atomic E-state index is 0.216. The number of likely N-dealkylation sites (N-methyl/N-ethyl adjacent to an activating group) is 1. The van der Waals surface area contributed by atoms with Crippen molar-refractivity contribution in [2.75, 3.05) is 19.5 Å². The molecule has 0 aliphatic carbocycles. The van der Waals surface area contributed by atoms with E-state index in [4.69, 9.17) is 9.84 Å². The zero-order valence-corrected chi connectivity index (χ0v) is 14.5. The number of aliphatic carboxylic acids is 1. The van der Waals surface area contributed by atoms with Crippen LogP contribution in [0.3, 0.4) is 0 Å². The third-order valence-corrected chi connectivity index (χ3v) is 3.99. The Morgan fingerprint density at radius 1 is 1.20 bits per heavy atom. The average Bonchev–Trinajstić information content (AvgIpc) is 2.61. The summed E-state index contributed by atoms with van der Waals surface area (Å²) in [4.78, 5) is 25.1. The van der Waals surface area contributed by atoms with Crippen molar-refractivity contribution in [3.8, 4) is 5.75 Å². The highest BCUT2D eigenvalue weighted by molar-refractivity contribution is 6.04. The third-order valence-electron chi connectivity index (χ3n) is 3.99. The zero-order valence-electron chi connectivity index (χ0n) is 14.5. The maximum absolute atomic E-state index is 12.3. The van der Waals surface area contributed by atoms with E-state index in [0.29, 0.717) is 23.5 Å². The number of hydrogen-bond donors (Lipinski definition) is 2. The van der Waals surface area contributed by atoms with Gasteiger partial charge in [0.1, 0.15) is 11.8 Å². The summed E-state index contributed by atoms with van der Waals surface area (Å²) >= 11 is 0. The van der Waals surface area contributed by atoms with Crippen LogP contribution in [-0.2, 0) is 11.3 Å². The van der Waals surface area contributed by atoms with Gasteiger partial charge < -0.3 is 15.2 Å². The number of benzene rings is 2. The van der Waals surface area contributed by atoms with E-state index in [1.807, 2.05) is 18.2 Å². The molecule has 2 aromatic rings. The first-order chi connectivity index (χ1) is 11.9. The number of amides is 1. The fraction of sp³-hybridized carbons (Fsp3) is 0.263. The Labute approximate surface area is 147 Å².